The van der Waals surface area contributed by atoms with Crippen LogP contribution in [0.3, 0.4) is 0 Å². The average Bonchev–Trinajstić information content (AvgIpc) is 3.26. The maximum atomic E-state index is 12.8. The molecule has 6 heteroatoms. The van der Waals surface area contributed by atoms with Gasteiger partial charge in [-0.05, 0) is 38.5 Å². The van der Waals surface area contributed by atoms with Gasteiger partial charge in [-0.3, -0.25) is 14.4 Å². The molecular formula is C55H98O6. The van der Waals surface area contributed by atoms with Crippen molar-refractivity contribution in [2.75, 3.05) is 13.2 Å². The van der Waals surface area contributed by atoms with Gasteiger partial charge < -0.3 is 14.2 Å². The van der Waals surface area contributed by atoms with Crippen molar-refractivity contribution in [1.82, 2.24) is 0 Å². The molecule has 61 heavy (non-hydrogen) atoms. The first kappa shape index (κ1) is 58.4. The number of unbranched alkanes of at least 4 members (excludes halogenated alkanes) is 31. The van der Waals surface area contributed by atoms with Crippen LogP contribution in [0.5, 0.6) is 0 Å². The lowest BCUT2D eigenvalue weighted by molar-refractivity contribution is -0.167. The van der Waals surface area contributed by atoms with Crippen LogP contribution >= 0.6 is 0 Å². The van der Waals surface area contributed by atoms with Crippen molar-refractivity contribution >= 4 is 17.9 Å². The van der Waals surface area contributed by atoms with Gasteiger partial charge in [-0.25, -0.2) is 0 Å². The summed E-state index contributed by atoms with van der Waals surface area (Å²) in [5.41, 5.74) is 0. The molecule has 0 aliphatic rings. The fourth-order valence-corrected chi connectivity index (χ4v) is 7.51. The molecule has 0 aromatic rings. The molecule has 0 aliphatic heterocycles. The van der Waals surface area contributed by atoms with Gasteiger partial charge in [-0.1, -0.05) is 256 Å². The molecule has 6 nitrogen and oxygen atoms in total. The molecule has 0 saturated heterocycles. The zero-order chi connectivity index (χ0) is 44.4. The van der Waals surface area contributed by atoms with E-state index in [1.54, 1.807) is 0 Å². The fourth-order valence-electron chi connectivity index (χ4n) is 7.51. The van der Waals surface area contributed by atoms with E-state index in [1.807, 2.05) is 30.4 Å². The second kappa shape index (κ2) is 50.0. The van der Waals surface area contributed by atoms with Crippen molar-refractivity contribution in [2.24, 2.45) is 0 Å². The summed E-state index contributed by atoms with van der Waals surface area (Å²) in [4.78, 5) is 37.9. The second-order valence-electron chi connectivity index (χ2n) is 17.5. The lowest BCUT2D eigenvalue weighted by atomic mass is 10.0. The van der Waals surface area contributed by atoms with E-state index in [-0.39, 0.29) is 37.5 Å². The third kappa shape index (κ3) is 48.3. The van der Waals surface area contributed by atoms with Crippen molar-refractivity contribution in [3.8, 4) is 0 Å². The number of carbonyl (C=O) groups is 3. The first-order chi connectivity index (χ1) is 30.0. The molecule has 0 spiro atoms. The van der Waals surface area contributed by atoms with Gasteiger partial charge in [0.25, 0.3) is 0 Å². The van der Waals surface area contributed by atoms with Crippen LogP contribution in [-0.4, -0.2) is 37.2 Å². The first-order valence-corrected chi connectivity index (χ1v) is 26.2. The van der Waals surface area contributed by atoms with Crippen LogP contribution in [0.1, 0.15) is 265 Å². The molecule has 1 unspecified atom stereocenters. The fraction of sp³-hybridized carbons (Fsp3) is 0.800. The Hall–Kier alpha value is -2.63. The summed E-state index contributed by atoms with van der Waals surface area (Å²) >= 11 is 0. The third-order valence-corrected chi connectivity index (χ3v) is 11.4. The Morgan fingerprint density at radius 1 is 0.344 bits per heavy atom. The van der Waals surface area contributed by atoms with E-state index >= 15 is 0 Å². The van der Waals surface area contributed by atoms with Crippen molar-refractivity contribution in [1.29, 1.82) is 0 Å². The highest BCUT2D eigenvalue weighted by molar-refractivity contribution is 5.71. The van der Waals surface area contributed by atoms with Crippen LogP contribution in [0, 0.1) is 0 Å². The first-order valence-electron chi connectivity index (χ1n) is 26.2. The Morgan fingerprint density at radius 3 is 1.00 bits per heavy atom. The molecule has 0 fully saturated rings. The molecule has 1 atom stereocenters. The van der Waals surface area contributed by atoms with Crippen molar-refractivity contribution in [2.45, 2.75) is 271 Å². The highest BCUT2D eigenvalue weighted by atomic mass is 16.6. The maximum Gasteiger partial charge on any atom is 0.306 e. The van der Waals surface area contributed by atoms with Gasteiger partial charge in [0.2, 0.25) is 0 Å². The molecule has 0 rings (SSSR count). The smallest absolute Gasteiger partial charge is 0.306 e. The molecular weight excluding hydrogens is 757 g/mol. The van der Waals surface area contributed by atoms with Gasteiger partial charge in [0.05, 0.1) is 0 Å². The lowest BCUT2D eigenvalue weighted by Crippen LogP contribution is -2.30. The highest BCUT2D eigenvalue weighted by Crippen LogP contribution is 2.16. The summed E-state index contributed by atoms with van der Waals surface area (Å²) in [5.74, 6) is -0.916. The number of allylic oxidation sites excluding steroid dienone is 8. The number of rotatable bonds is 47. The number of hydrogen-bond donors (Lipinski definition) is 0. The number of esters is 3. The van der Waals surface area contributed by atoms with Gasteiger partial charge >= 0.3 is 17.9 Å². The van der Waals surface area contributed by atoms with Crippen molar-refractivity contribution < 1.29 is 28.6 Å². The molecule has 0 N–H and O–H groups in total. The van der Waals surface area contributed by atoms with Gasteiger partial charge in [0, 0.05) is 19.3 Å². The van der Waals surface area contributed by atoms with Crippen LogP contribution in [0.2, 0.25) is 0 Å². The summed E-state index contributed by atoms with van der Waals surface area (Å²) in [6.07, 6.45) is 59.6. The summed E-state index contributed by atoms with van der Waals surface area (Å²) in [6, 6.07) is 0. The number of carbonyl (C=O) groups excluding carboxylic acids is 3. The normalized spacial score (nSPS) is 12.4. The Balaban J connectivity index is 4.32. The lowest BCUT2D eigenvalue weighted by Gasteiger charge is -2.18. The molecule has 0 heterocycles. The van der Waals surface area contributed by atoms with Crippen LogP contribution in [0.25, 0.3) is 0 Å². The number of hydrogen-bond acceptors (Lipinski definition) is 6. The summed E-state index contributed by atoms with van der Waals surface area (Å²) in [6.45, 7) is 6.48. The standard InChI is InChI=1S/C55H98O6/c1-4-7-10-13-16-19-22-24-25-26-27-28-29-31-33-36-39-42-45-48-54(57)60-51-52(50-59-53(56)47-44-41-38-35-32-21-18-15-12-9-6-3)61-55(58)49-46-43-40-37-34-30-23-20-17-14-11-8-5-2/h8,11,14,17,20,23,30,34,52H,4-7,9-10,12-13,15-16,18-19,21-22,24-29,31-33,35-51H2,1-3H3/b11-8-,17-14-,23-20-,34-30-. The second-order valence-corrected chi connectivity index (χ2v) is 17.5. The number of ether oxygens (including phenoxy) is 3. The van der Waals surface area contributed by atoms with Crippen LogP contribution in [0.4, 0.5) is 0 Å². The van der Waals surface area contributed by atoms with E-state index in [4.69, 9.17) is 14.2 Å². The monoisotopic (exact) mass is 855 g/mol. The molecule has 0 aliphatic carbocycles. The van der Waals surface area contributed by atoms with Crippen molar-refractivity contribution in [3.63, 3.8) is 0 Å². The Labute approximate surface area is 378 Å². The zero-order valence-electron chi connectivity index (χ0n) is 40.4. The average molecular weight is 855 g/mol. The van der Waals surface area contributed by atoms with E-state index in [2.05, 4.69) is 39.0 Å². The van der Waals surface area contributed by atoms with Gasteiger partial charge in [0.1, 0.15) is 13.2 Å². The van der Waals surface area contributed by atoms with Gasteiger partial charge in [0.15, 0.2) is 6.10 Å². The quantitative estimate of drug-likeness (QED) is 0.0263. The van der Waals surface area contributed by atoms with Gasteiger partial charge in [-0.15, -0.1) is 0 Å². The molecule has 0 aromatic carbocycles. The molecule has 0 aromatic heterocycles. The maximum absolute atomic E-state index is 12.8. The zero-order valence-corrected chi connectivity index (χ0v) is 40.4. The van der Waals surface area contributed by atoms with Gasteiger partial charge in [-0.2, -0.15) is 0 Å². The SMILES string of the molecule is CC\C=C/C=C\C=C/C=C\CCCCCC(=O)OC(COC(=O)CCCCCCCCCCCCC)COC(=O)CCCCCCCCCCCCCCCCCCCCC. The van der Waals surface area contributed by atoms with Crippen LogP contribution in [-0.2, 0) is 28.6 Å². The van der Waals surface area contributed by atoms with E-state index in [1.165, 1.54) is 154 Å². The largest absolute Gasteiger partial charge is 0.462 e. The van der Waals surface area contributed by atoms with E-state index in [0.717, 1.165) is 70.6 Å². The van der Waals surface area contributed by atoms with Crippen LogP contribution < -0.4 is 0 Å². The topological polar surface area (TPSA) is 78.9 Å². The Morgan fingerprint density at radius 2 is 0.639 bits per heavy atom. The van der Waals surface area contributed by atoms with Crippen LogP contribution in [0.15, 0.2) is 48.6 Å². The van der Waals surface area contributed by atoms with E-state index in [9.17, 15) is 14.4 Å². The Bertz CT molecular complexity index is 1070. The summed E-state index contributed by atoms with van der Waals surface area (Å²) < 4.78 is 16.8. The van der Waals surface area contributed by atoms with Crippen molar-refractivity contribution in [3.05, 3.63) is 48.6 Å². The third-order valence-electron chi connectivity index (χ3n) is 11.4. The summed E-state index contributed by atoms with van der Waals surface area (Å²) in [7, 11) is 0. The van der Waals surface area contributed by atoms with E-state index < -0.39 is 6.10 Å². The molecule has 354 valence electrons. The molecule has 0 amide bonds. The Kier molecular flexibility index (Phi) is 47.9. The summed E-state index contributed by atoms with van der Waals surface area (Å²) in [5, 5.41) is 0. The molecule has 0 saturated carbocycles. The predicted octanol–water partition coefficient (Wildman–Crippen LogP) is 17.1. The van der Waals surface area contributed by atoms with E-state index in [0.29, 0.717) is 12.8 Å². The highest BCUT2D eigenvalue weighted by Gasteiger charge is 2.19. The minimum Gasteiger partial charge on any atom is -0.462 e. The minimum atomic E-state index is -0.788. The molecule has 0 bridgehead atoms. The minimum absolute atomic E-state index is 0.0855. The predicted molar refractivity (Wildman–Crippen MR) is 261 cm³/mol. The molecule has 0 radical (unpaired) electrons.